The Balaban J connectivity index is 1.98. The van der Waals surface area contributed by atoms with Gasteiger partial charge in [-0.3, -0.25) is 14.3 Å². The first-order valence-electron chi connectivity index (χ1n) is 7.07. The zero-order valence-corrected chi connectivity index (χ0v) is 12.1. The number of hydrogen-bond donors (Lipinski definition) is 1. The van der Waals surface area contributed by atoms with Crippen molar-refractivity contribution < 1.29 is 18.4 Å². The van der Waals surface area contributed by atoms with Gasteiger partial charge >= 0.3 is 0 Å². The quantitative estimate of drug-likeness (QED) is 0.933. The van der Waals surface area contributed by atoms with Gasteiger partial charge in [-0.15, -0.1) is 0 Å². The SMILES string of the molecule is O=C1NCCN(C(=O)c2ccnn2CC(F)F)c2ccccc21. The van der Waals surface area contributed by atoms with Crippen molar-refractivity contribution in [2.24, 2.45) is 0 Å². The summed E-state index contributed by atoms with van der Waals surface area (Å²) in [4.78, 5) is 26.2. The molecule has 0 atom stereocenters. The number of nitrogens with one attached hydrogen (secondary N) is 1. The van der Waals surface area contributed by atoms with Crippen LogP contribution in [0.4, 0.5) is 14.5 Å². The number of aromatic nitrogens is 2. The largest absolute Gasteiger partial charge is 0.350 e. The molecular formula is C15H14F2N4O2. The van der Waals surface area contributed by atoms with Gasteiger partial charge in [0.15, 0.2) is 0 Å². The van der Waals surface area contributed by atoms with E-state index >= 15 is 0 Å². The molecule has 0 aliphatic carbocycles. The molecule has 2 heterocycles. The average Bonchev–Trinajstić information content (AvgIpc) is 2.91. The van der Waals surface area contributed by atoms with E-state index in [0.29, 0.717) is 11.3 Å². The molecule has 0 saturated carbocycles. The molecule has 2 amide bonds. The number of hydrogen-bond acceptors (Lipinski definition) is 3. The fraction of sp³-hybridized carbons (Fsp3) is 0.267. The van der Waals surface area contributed by atoms with Crippen LogP contribution in [-0.4, -0.2) is 41.1 Å². The molecule has 1 aromatic heterocycles. The van der Waals surface area contributed by atoms with Crippen LogP contribution in [0.3, 0.4) is 0 Å². The minimum absolute atomic E-state index is 0.0643. The zero-order valence-electron chi connectivity index (χ0n) is 12.1. The third-order valence-electron chi connectivity index (χ3n) is 3.55. The Morgan fingerprint density at radius 1 is 1.30 bits per heavy atom. The summed E-state index contributed by atoms with van der Waals surface area (Å²) in [7, 11) is 0. The zero-order chi connectivity index (χ0) is 16.4. The Morgan fingerprint density at radius 2 is 2.09 bits per heavy atom. The highest BCUT2D eigenvalue weighted by molar-refractivity contribution is 6.10. The molecule has 0 radical (unpaired) electrons. The van der Waals surface area contributed by atoms with Gasteiger partial charge in [0.1, 0.15) is 12.2 Å². The van der Waals surface area contributed by atoms with E-state index in [1.807, 2.05) is 0 Å². The van der Waals surface area contributed by atoms with Crippen LogP contribution in [0.2, 0.25) is 0 Å². The maximum absolute atomic E-state index is 12.8. The van der Waals surface area contributed by atoms with Gasteiger partial charge in [0.05, 0.1) is 11.3 Å². The molecule has 1 aliphatic heterocycles. The van der Waals surface area contributed by atoms with Crippen molar-refractivity contribution in [1.82, 2.24) is 15.1 Å². The van der Waals surface area contributed by atoms with Gasteiger partial charge in [0, 0.05) is 19.3 Å². The number of fused-ring (bicyclic) bond motifs is 1. The van der Waals surface area contributed by atoms with Crippen LogP contribution in [-0.2, 0) is 6.54 Å². The first-order valence-corrected chi connectivity index (χ1v) is 7.07. The van der Waals surface area contributed by atoms with Gasteiger partial charge in [-0.1, -0.05) is 12.1 Å². The molecule has 6 nitrogen and oxygen atoms in total. The summed E-state index contributed by atoms with van der Waals surface area (Å²) in [6.45, 7) is -0.121. The number of anilines is 1. The first-order chi connectivity index (χ1) is 11.1. The number of halogens is 2. The van der Waals surface area contributed by atoms with Crippen LogP contribution in [0.15, 0.2) is 36.5 Å². The van der Waals surface area contributed by atoms with Crippen LogP contribution >= 0.6 is 0 Å². The molecule has 1 N–H and O–H groups in total. The maximum Gasteiger partial charge on any atom is 0.276 e. The molecule has 0 unspecified atom stereocenters. The third kappa shape index (κ3) is 2.92. The van der Waals surface area contributed by atoms with Gasteiger partial charge in [-0.05, 0) is 18.2 Å². The lowest BCUT2D eigenvalue weighted by atomic mass is 10.1. The summed E-state index contributed by atoms with van der Waals surface area (Å²) in [5.41, 5.74) is 0.894. The van der Waals surface area contributed by atoms with Crippen LogP contribution in [0.1, 0.15) is 20.8 Å². The van der Waals surface area contributed by atoms with Crippen molar-refractivity contribution >= 4 is 17.5 Å². The number of nitrogens with zero attached hydrogens (tertiary/aromatic N) is 3. The number of alkyl halides is 2. The summed E-state index contributed by atoms with van der Waals surface area (Å²) in [5, 5.41) is 6.48. The molecule has 0 spiro atoms. The highest BCUT2D eigenvalue weighted by Crippen LogP contribution is 2.24. The first kappa shape index (κ1) is 15.1. The lowest BCUT2D eigenvalue weighted by Crippen LogP contribution is -2.36. The Labute approximate surface area is 130 Å². The van der Waals surface area contributed by atoms with E-state index in [2.05, 4.69) is 10.4 Å². The smallest absolute Gasteiger partial charge is 0.276 e. The monoisotopic (exact) mass is 320 g/mol. The minimum Gasteiger partial charge on any atom is -0.350 e. The van der Waals surface area contributed by atoms with Gasteiger partial charge in [0.2, 0.25) is 0 Å². The molecule has 120 valence electrons. The van der Waals surface area contributed by atoms with Crippen molar-refractivity contribution in [2.75, 3.05) is 18.0 Å². The number of carbonyl (C=O) groups excluding carboxylic acids is 2. The van der Waals surface area contributed by atoms with E-state index < -0.39 is 18.9 Å². The number of carbonyl (C=O) groups is 2. The minimum atomic E-state index is -2.61. The average molecular weight is 320 g/mol. The van der Waals surface area contributed by atoms with Crippen LogP contribution in [0.25, 0.3) is 0 Å². The third-order valence-corrected chi connectivity index (χ3v) is 3.55. The van der Waals surface area contributed by atoms with Crippen molar-refractivity contribution in [3.63, 3.8) is 0 Å². The van der Waals surface area contributed by atoms with E-state index in [1.165, 1.54) is 17.2 Å². The molecule has 1 aliphatic rings. The second-order valence-electron chi connectivity index (χ2n) is 5.02. The standard InChI is InChI=1S/C15H14F2N4O2/c16-13(17)9-21-12(5-6-19-21)15(23)20-8-7-18-14(22)10-3-1-2-4-11(10)20/h1-6,13H,7-9H2,(H,18,22). The molecule has 1 aromatic carbocycles. The Kier molecular flexibility index (Phi) is 4.05. The van der Waals surface area contributed by atoms with Gasteiger partial charge in [-0.25, -0.2) is 8.78 Å². The van der Waals surface area contributed by atoms with E-state index in [1.54, 1.807) is 24.3 Å². The topological polar surface area (TPSA) is 67.2 Å². The van der Waals surface area contributed by atoms with Crippen LogP contribution in [0.5, 0.6) is 0 Å². The summed E-state index contributed by atoms with van der Waals surface area (Å²) in [6.07, 6.45) is -1.30. The maximum atomic E-state index is 12.8. The summed E-state index contributed by atoms with van der Waals surface area (Å²) in [5.74, 6) is -0.732. The predicted octanol–water partition coefficient (Wildman–Crippen LogP) is 1.54. The molecule has 0 saturated heterocycles. The van der Waals surface area contributed by atoms with Crippen molar-refractivity contribution in [3.05, 3.63) is 47.8 Å². The van der Waals surface area contributed by atoms with E-state index in [4.69, 9.17) is 0 Å². The number of benzene rings is 1. The Morgan fingerprint density at radius 3 is 2.87 bits per heavy atom. The van der Waals surface area contributed by atoms with E-state index in [9.17, 15) is 18.4 Å². The molecule has 8 heteroatoms. The fourth-order valence-corrected chi connectivity index (χ4v) is 2.54. The lowest BCUT2D eigenvalue weighted by molar-refractivity contribution is 0.0943. The van der Waals surface area contributed by atoms with Gasteiger partial charge in [-0.2, -0.15) is 5.10 Å². The number of para-hydroxylation sites is 1. The van der Waals surface area contributed by atoms with Crippen molar-refractivity contribution in [2.45, 2.75) is 13.0 Å². The number of amides is 2. The van der Waals surface area contributed by atoms with Gasteiger partial charge < -0.3 is 10.2 Å². The Hall–Kier alpha value is -2.77. The summed E-state index contributed by atoms with van der Waals surface area (Å²) in [6, 6.07) is 8.09. The molecular weight excluding hydrogens is 306 g/mol. The van der Waals surface area contributed by atoms with E-state index in [-0.39, 0.29) is 24.7 Å². The second kappa shape index (κ2) is 6.15. The molecule has 0 fully saturated rings. The fourth-order valence-electron chi connectivity index (χ4n) is 2.54. The van der Waals surface area contributed by atoms with E-state index in [0.717, 1.165) is 4.68 Å². The molecule has 0 bridgehead atoms. The van der Waals surface area contributed by atoms with Gasteiger partial charge in [0.25, 0.3) is 18.2 Å². The normalized spacial score (nSPS) is 14.4. The molecule has 2 aromatic rings. The molecule has 3 rings (SSSR count). The van der Waals surface area contributed by atoms with Crippen molar-refractivity contribution in [1.29, 1.82) is 0 Å². The highest BCUT2D eigenvalue weighted by Gasteiger charge is 2.27. The molecule has 23 heavy (non-hydrogen) atoms. The highest BCUT2D eigenvalue weighted by atomic mass is 19.3. The van der Waals surface area contributed by atoms with Crippen LogP contribution < -0.4 is 10.2 Å². The second-order valence-corrected chi connectivity index (χ2v) is 5.02. The van der Waals surface area contributed by atoms with Crippen LogP contribution in [0, 0.1) is 0 Å². The summed E-state index contributed by atoms with van der Waals surface area (Å²) < 4.78 is 26.2. The predicted molar refractivity (Wildman–Crippen MR) is 78.7 cm³/mol. The summed E-state index contributed by atoms with van der Waals surface area (Å²) >= 11 is 0. The van der Waals surface area contributed by atoms with Crippen molar-refractivity contribution in [3.8, 4) is 0 Å². The Bertz CT molecular complexity index is 745. The lowest BCUT2D eigenvalue weighted by Gasteiger charge is -2.22. The number of rotatable bonds is 3.